The first-order chi connectivity index (χ1) is 23.3. The maximum Gasteiger partial charge on any atom is 0.240 e. The molecule has 3 nitrogen and oxygen atoms in total. The summed E-state index contributed by atoms with van der Waals surface area (Å²) >= 11 is 0. The van der Waals surface area contributed by atoms with Crippen molar-refractivity contribution in [2.24, 2.45) is 0 Å². The van der Waals surface area contributed by atoms with E-state index < -0.39 is 10.0 Å². The molecule has 1 aliphatic rings. The van der Waals surface area contributed by atoms with E-state index in [4.69, 9.17) is 0 Å². The lowest BCUT2D eigenvalue weighted by atomic mass is 9.87. The molecule has 0 radical (unpaired) electrons. The van der Waals surface area contributed by atoms with Crippen LogP contribution >= 0.6 is 0 Å². The van der Waals surface area contributed by atoms with Gasteiger partial charge in [0.05, 0.1) is 4.90 Å². The Hall–Kier alpha value is -5.43. The summed E-state index contributed by atoms with van der Waals surface area (Å²) in [6.45, 7) is 1.88. The van der Waals surface area contributed by atoms with Crippen molar-refractivity contribution in [1.82, 2.24) is 4.72 Å². The van der Waals surface area contributed by atoms with Crippen LogP contribution in [0, 0.1) is 18.6 Å². The molecule has 7 rings (SSSR count). The highest BCUT2D eigenvalue weighted by Crippen LogP contribution is 2.50. The smallest absolute Gasteiger partial charge is 0.207 e. The van der Waals surface area contributed by atoms with Gasteiger partial charge in [-0.05, 0) is 111 Å². The number of hydrogen-bond acceptors (Lipinski definition) is 2. The molecular formula is C42H31F2NO2S. The molecule has 0 aromatic heterocycles. The Morgan fingerprint density at radius 3 is 1.69 bits per heavy atom. The van der Waals surface area contributed by atoms with Crippen LogP contribution in [0.3, 0.4) is 0 Å². The van der Waals surface area contributed by atoms with Crippen molar-refractivity contribution in [3.05, 3.63) is 202 Å². The van der Waals surface area contributed by atoms with Crippen LogP contribution in [0.5, 0.6) is 0 Å². The molecule has 6 heteroatoms. The van der Waals surface area contributed by atoms with Gasteiger partial charge in [-0.15, -0.1) is 0 Å². The zero-order valence-corrected chi connectivity index (χ0v) is 26.9. The van der Waals surface area contributed by atoms with Crippen LogP contribution in [0.4, 0.5) is 8.78 Å². The summed E-state index contributed by atoms with van der Waals surface area (Å²) in [5.41, 5.74) is 10.3. The van der Waals surface area contributed by atoms with E-state index in [1.807, 2.05) is 67.6 Å². The molecule has 48 heavy (non-hydrogen) atoms. The van der Waals surface area contributed by atoms with E-state index in [1.54, 1.807) is 48.5 Å². The second kappa shape index (κ2) is 13.0. The third-order valence-corrected chi connectivity index (χ3v) is 10.0. The van der Waals surface area contributed by atoms with Crippen molar-refractivity contribution >= 4 is 26.7 Å². The SMILES string of the molecule is Cc1ccc(S(=O)(=O)NCC2=C(c3ccccc3)c3ccc(-c4ccccc4)cc3C2=C(c2ccc(F)cc2)c2ccc(F)cc2)cc1. The van der Waals surface area contributed by atoms with Gasteiger partial charge in [0.25, 0.3) is 0 Å². The third-order valence-electron chi connectivity index (χ3n) is 8.62. The van der Waals surface area contributed by atoms with E-state index in [9.17, 15) is 17.2 Å². The first kappa shape index (κ1) is 31.2. The molecule has 0 unspecified atom stereocenters. The first-order valence-corrected chi connectivity index (χ1v) is 17.1. The van der Waals surface area contributed by atoms with Gasteiger partial charge in [-0.2, -0.15) is 0 Å². The zero-order chi connectivity index (χ0) is 33.3. The predicted octanol–water partition coefficient (Wildman–Crippen LogP) is 9.69. The van der Waals surface area contributed by atoms with Crippen molar-refractivity contribution < 1.29 is 17.2 Å². The number of nitrogens with one attached hydrogen (secondary N) is 1. The van der Waals surface area contributed by atoms with Crippen molar-refractivity contribution in [1.29, 1.82) is 0 Å². The molecule has 0 aliphatic heterocycles. The molecule has 0 heterocycles. The lowest BCUT2D eigenvalue weighted by Gasteiger charge is -2.19. The second-order valence-corrected chi connectivity index (χ2v) is 13.5. The number of benzene rings is 6. The van der Waals surface area contributed by atoms with Crippen LogP contribution in [0.1, 0.15) is 33.4 Å². The van der Waals surface area contributed by atoms with Crippen molar-refractivity contribution in [2.45, 2.75) is 11.8 Å². The zero-order valence-electron chi connectivity index (χ0n) is 26.1. The molecule has 0 saturated heterocycles. The average molecular weight is 652 g/mol. The van der Waals surface area contributed by atoms with Crippen LogP contribution in [0.2, 0.25) is 0 Å². The normalized spacial score (nSPS) is 12.7. The van der Waals surface area contributed by atoms with Gasteiger partial charge >= 0.3 is 0 Å². The van der Waals surface area contributed by atoms with Crippen LogP contribution in [-0.2, 0) is 10.0 Å². The fraction of sp³-hybridized carbons (Fsp3) is 0.0476. The highest BCUT2D eigenvalue weighted by molar-refractivity contribution is 7.89. The summed E-state index contributed by atoms with van der Waals surface area (Å²) in [6.07, 6.45) is 0. The summed E-state index contributed by atoms with van der Waals surface area (Å²) in [6, 6.07) is 45.3. The first-order valence-electron chi connectivity index (χ1n) is 15.6. The van der Waals surface area contributed by atoms with Gasteiger partial charge in [-0.1, -0.05) is 115 Å². The van der Waals surface area contributed by atoms with Crippen molar-refractivity contribution in [3.8, 4) is 11.1 Å². The van der Waals surface area contributed by atoms with Crippen LogP contribution in [0.25, 0.3) is 27.8 Å². The lowest BCUT2D eigenvalue weighted by Crippen LogP contribution is -2.26. The molecule has 0 saturated carbocycles. The quantitative estimate of drug-likeness (QED) is 0.178. The second-order valence-electron chi connectivity index (χ2n) is 11.7. The summed E-state index contributed by atoms with van der Waals surface area (Å²) < 4.78 is 58.9. The fourth-order valence-electron chi connectivity index (χ4n) is 6.28. The van der Waals surface area contributed by atoms with Gasteiger partial charge in [0, 0.05) is 6.54 Å². The highest BCUT2D eigenvalue weighted by atomic mass is 32.2. The molecule has 0 fully saturated rings. The minimum Gasteiger partial charge on any atom is -0.207 e. The molecule has 1 aliphatic carbocycles. The number of sulfonamides is 1. The van der Waals surface area contributed by atoms with Gasteiger partial charge in [0.1, 0.15) is 11.6 Å². The molecular weight excluding hydrogens is 621 g/mol. The standard InChI is InChI=1S/C42H31F2NO2S/c1-28-12-23-36(24-13-28)48(46,47)45-27-39-41(30-10-6-3-7-11-30)37-25-18-33(29-8-4-2-5-9-29)26-38(37)42(39)40(31-14-19-34(43)20-15-31)32-16-21-35(44)22-17-32/h2-26,45H,27H2,1H3. The largest absolute Gasteiger partial charge is 0.240 e. The third kappa shape index (κ3) is 6.16. The Morgan fingerprint density at radius 1 is 0.583 bits per heavy atom. The molecule has 0 spiro atoms. The molecule has 0 amide bonds. The summed E-state index contributed by atoms with van der Waals surface area (Å²) in [4.78, 5) is 0.166. The summed E-state index contributed by atoms with van der Waals surface area (Å²) in [5, 5.41) is 0. The number of rotatable bonds is 8. The minimum atomic E-state index is -3.90. The summed E-state index contributed by atoms with van der Waals surface area (Å²) in [5.74, 6) is -0.765. The van der Waals surface area contributed by atoms with Gasteiger partial charge < -0.3 is 0 Å². The Balaban J connectivity index is 1.53. The lowest BCUT2D eigenvalue weighted by molar-refractivity contribution is 0.585. The topological polar surface area (TPSA) is 46.2 Å². The van der Waals surface area contributed by atoms with Gasteiger partial charge in [0.2, 0.25) is 10.0 Å². The number of halogens is 2. The average Bonchev–Trinajstić information content (AvgIpc) is 3.43. The predicted molar refractivity (Wildman–Crippen MR) is 189 cm³/mol. The van der Waals surface area contributed by atoms with E-state index in [0.717, 1.165) is 55.7 Å². The Bertz CT molecular complexity index is 2230. The summed E-state index contributed by atoms with van der Waals surface area (Å²) in [7, 11) is -3.90. The Morgan fingerprint density at radius 2 is 1.12 bits per heavy atom. The minimum absolute atomic E-state index is 0.0307. The number of hydrogen-bond donors (Lipinski definition) is 1. The van der Waals surface area contributed by atoms with Crippen LogP contribution < -0.4 is 4.72 Å². The van der Waals surface area contributed by atoms with Crippen molar-refractivity contribution in [3.63, 3.8) is 0 Å². The van der Waals surface area contributed by atoms with Gasteiger partial charge in [0.15, 0.2) is 0 Å². The van der Waals surface area contributed by atoms with Gasteiger partial charge in [-0.25, -0.2) is 21.9 Å². The Kier molecular flexibility index (Phi) is 8.44. The maximum atomic E-state index is 14.3. The van der Waals surface area contributed by atoms with Gasteiger partial charge in [-0.3, -0.25) is 0 Å². The molecule has 6 aromatic carbocycles. The van der Waals surface area contributed by atoms with E-state index in [0.29, 0.717) is 11.1 Å². The molecule has 0 bridgehead atoms. The molecule has 6 aromatic rings. The molecule has 236 valence electrons. The monoisotopic (exact) mass is 651 g/mol. The molecule has 1 N–H and O–H groups in total. The van der Waals surface area contributed by atoms with E-state index in [1.165, 1.54) is 24.3 Å². The van der Waals surface area contributed by atoms with Crippen molar-refractivity contribution in [2.75, 3.05) is 6.54 Å². The van der Waals surface area contributed by atoms with Crippen LogP contribution in [-0.4, -0.2) is 15.0 Å². The highest BCUT2D eigenvalue weighted by Gasteiger charge is 2.32. The number of fused-ring (bicyclic) bond motifs is 1. The van der Waals surface area contributed by atoms with E-state index in [-0.39, 0.29) is 23.1 Å². The fourth-order valence-corrected chi connectivity index (χ4v) is 7.28. The Labute approximate surface area is 279 Å². The maximum absolute atomic E-state index is 14.3. The number of aryl methyl sites for hydroxylation is 1. The molecule has 0 atom stereocenters. The van der Waals surface area contributed by atoms with Crippen LogP contribution in [0.15, 0.2) is 162 Å². The van der Waals surface area contributed by atoms with E-state index in [2.05, 4.69) is 22.9 Å². The van der Waals surface area contributed by atoms with E-state index >= 15 is 0 Å².